The van der Waals surface area contributed by atoms with Crippen molar-refractivity contribution in [3.05, 3.63) is 33.3 Å². The number of carbonyl (C=O) groups excluding carboxylic acids is 1. The molecule has 1 amide bonds. The number of hydrogen-bond donors (Lipinski definition) is 1. The summed E-state index contributed by atoms with van der Waals surface area (Å²) in [5.74, 6) is 0.322. The van der Waals surface area contributed by atoms with Gasteiger partial charge in [-0.25, -0.2) is 0 Å². The summed E-state index contributed by atoms with van der Waals surface area (Å²) in [5.41, 5.74) is 0.512. The molecule has 0 spiro atoms. The Morgan fingerprint density at radius 2 is 2.10 bits per heavy atom. The van der Waals surface area contributed by atoms with Crippen molar-refractivity contribution < 1.29 is 9.72 Å². The minimum absolute atomic E-state index is 0.0170. The van der Waals surface area contributed by atoms with Crippen molar-refractivity contribution in [1.29, 1.82) is 0 Å². The Morgan fingerprint density at radius 3 is 2.79 bits per heavy atom. The van der Waals surface area contributed by atoms with Gasteiger partial charge in [0.25, 0.3) is 5.69 Å². The molecule has 1 aromatic heterocycles. The molecule has 9 nitrogen and oxygen atoms in total. The standard InChI is InChI=1S/C17H21ClN6O3S2/c1-2-5-19-16-20-21-17(29-16)28-11-15(25)23-8-6-22(7-9-23)13-4-3-12(18)10-14(13)24(26)27/h3-4,10H,2,5-9,11H2,1H3,(H,19,20). The number of nitro benzene ring substituents is 1. The zero-order valence-electron chi connectivity index (χ0n) is 15.8. The Morgan fingerprint density at radius 1 is 1.34 bits per heavy atom. The number of thioether (sulfide) groups is 1. The Bertz CT molecular complexity index is 873. The molecule has 0 saturated carbocycles. The third-order valence-corrected chi connectivity index (χ3v) is 6.59. The van der Waals surface area contributed by atoms with E-state index in [1.54, 1.807) is 17.0 Å². The summed E-state index contributed by atoms with van der Waals surface area (Å²) in [4.78, 5) is 27.1. The molecule has 0 aliphatic carbocycles. The lowest BCUT2D eigenvalue weighted by atomic mass is 10.2. The van der Waals surface area contributed by atoms with E-state index in [9.17, 15) is 14.9 Å². The van der Waals surface area contributed by atoms with Crippen LogP contribution in [0.5, 0.6) is 0 Å². The molecule has 1 N–H and O–H groups in total. The summed E-state index contributed by atoms with van der Waals surface area (Å²) in [5, 5.41) is 23.7. The molecular weight excluding hydrogens is 436 g/mol. The van der Waals surface area contributed by atoms with Gasteiger partial charge in [-0.1, -0.05) is 41.6 Å². The molecule has 2 aromatic rings. The second-order valence-corrected chi connectivity index (χ2v) is 8.98. The van der Waals surface area contributed by atoms with Gasteiger partial charge in [0.15, 0.2) is 4.34 Å². The van der Waals surface area contributed by atoms with Gasteiger partial charge in [-0.2, -0.15) is 0 Å². The van der Waals surface area contributed by atoms with Crippen LogP contribution in [0.15, 0.2) is 22.5 Å². The van der Waals surface area contributed by atoms with Crippen molar-refractivity contribution in [2.24, 2.45) is 0 Å². The van der Waals surface area contributed by atoms with Gasteiger partial charge in [-0.3, -0.25) is 14.9 Å². The number of piperazine rings is 1. The highest BCUT2D eigenvalue weighted by Gasteiger charge is 2.26. The van der Waals surface area contributed by atoms with Gasteiger partial charge in [0, 0.05) is 43.8 Å². The third kappa shape index (κ3) is 5.71. The molecule has 2 heterocycles. The van der Waals surface area contributed by atoms with E-state index < -0.39 is 4.92 Å². The van der Waals surface area contributed by atoms with Crippen LogP contribution < -0.4 is 10.2 Å². The zero-order valence-corrected chi connectivity index (χ0v) is 18.2. The molecule has 0 bridgehead atoms. The molecule has 156 valence electrons. The van der Waals surface area contributed by atoms with E-state index in [0.29, 0.717) is 42.6 Å². The zero-order chi connectivity index (χ0) is 20.8. The van der Waals surface area contributed by atoms with Gasteiger partial charge >= 0.3 is 0 Å². The number of nitrogens with one attached hydrogen (secondary N) is 1. The highest BCUT2D eigenvalue weighted by Crippen LogP contribution is 2.32. The van der Waals surface area contributed by atoms with Gasteiger partial charge < -0.3 is 15.1 Å². The number of carbonyl (C=O) groups is 1. The van der Waals surface area contributed by atoms with Crippen LogP contribution in [0.3, 0.4) is 0 Å². The molecular formula is C17H21ClN6O3S2. The van der Waals surface area contributed by atoms with Gasteiger partial charge in [-0.15, -0.1) is 10.2 Å². The van der Waals surface area contributed by atoms with Crippen molar-refractivity contribution in [2.45, 2.75) is 17.7 Å². The number of benzene rings is 1. The summed E-state index contributed by atoms with van der Waals surface area (Å²) < 4.78 is 0.757. The maximum Gasteiger partial charge on any atom is 0.294 e. The van der Waals surface area contributed by atoms with Gasteiger partial charge in [-0.05, 0) is 18.6 Å². The minimum atomic E-state index is -0.429. The van der Waals surface area contributed by atoms with Crippen LogP contribution >= 0.6 is 34.7 Å². The van der Waals surface area contributed by atoms with Crippen molar-refractivity contribution in [3.63, 3.8) is 0 Å². The summed E-state index contributed by atoms with van der Waals surface area (Å²) in [6.07, 6.45) is 1.01. The number of anilines is 2. The third-order valence-electron chi connectivity index (χ3n) is 4.36. The quantitative estimate of drug-likeness (QED) is 0.366. The van der Waals surface area contributed by atoms with E-state index in [4.69, 9.17) is 11.6 Å². The summed E-state index contributed by atoms with van der Waals surface area (Å²) in [6, 6.07) is 4.66. The number of nitro groups is 1. The van der Waals surface area contributed by atoms with Crippen molar-refractivity contribution in [3.8, 4) is 0 Å². The van der Waals surface area contributed by atoms with Crippen LogP contribution in [-0.2, 0) is 4.79 Å². The van der Waals surface area contributed by atoms with E-state index in [0.717, 1.165) is 22.4 Å². The summed E-state index contributed by atoms with van der Waals surface area (Å²) >= 11 is 8.70. The van der Waals surface area contributed by atoms with Crippen LogP contribution in [0.25, 0.3) is 0 Å². The van der Waals surface area contributed by atoms with Crippen LogP contribution in [0.4, 0.5) is 16.5 Å². The van der Waals surface area contributed by atoms with E-state index in [1.807, 2.05) is 4.90 Å². The van der Waals surface area contributed by atoms with Crippen LogP contribution in [0.2, 0.25) is 5.02 Å². The molecule has 3 rings (SSSR count). The SMILES string of the molecule is CCCNc1nnc(SCC(=O)N2CCN(c3ccc(Cl)cc3[N+](=O)[O-])CC2)s1. The molecule has 1 aliphatic heterocycles. The second kappa shape index (κ2) is 10.1. The molecule has 1 aliphatic rings. The second-order valence-electron chi connectivity index (χ2n) is 6.35. The van der Waals surface area contributed by atoms with E-state index in [-0.39, 0.29) is 11.6 Å². The van der Waals surface area contributed by atoms with E-state index in [1.165, 1.54) is 29.2 Å². The van der Waals surface area contributed by atoms with Gasteiger partial charge in [0.05, 0.1) is 10.7 Å². The Hall–Kier alpha value is -2.11. The number of amides is 1. The molecule has 0 atom stereocenters. The lowest BCUT2D eigenvalue weighted by Crippen LogP contribution is -2.49. The first-order valence-electron chi connectivity index (χ1n) is 9.14. The Kier molecular flexibility index (Phi) is 7.51. The molecule has 0 unspecified atom stereocenters. The van der Waals surface area contributed by atoms with Gasteiger partial charge in [0.1, 0.15) is 5.69 Å². The first-order valence-corrected chi connectivity index (χ1v) is 11.3. The van der Waals surface area contributed by atoms with E-state index in [2.05, 4.69) is 22.4 Å². The maximum atomic E-state index is 12.5. The largest absolute Gasteiger partial charge is 0.362 e. The molecule has 1 aromatic carbocycles. The highest BCUT2D eigenvalue weighted by molar-refractivity contribution is 8.01. The molecule has 0 radical (unpaired) electrons. The number of halogens is 1. The average Bonchev–Trinajstić information content (AvgIpc) is 3.18. The molecule has 1 fully saturated rings. The highest BCUT2D eigenvalue weighted by atomic mass is 35.5. The van der Waals surface area contributed by atoms with Crippen molar-refractivity contribution in [1.82, 2.24) is 15.1 Å². The first-order chi connectivity index (χ1) is 14.0. The summed E-state index contributed by atoms with van der Waals surface area (Å²) in [7, 11) is 0. The maximum absolute atomic E-state index is 12.5. The predicted molar refractivity (Wildman–Crippen MR) is 116 cm³/mol. The molecule has 1 saturated heterocycles. The average molecular weight is 457 g/mol. The number of rotatable bonds is 8. The smallest absolute Gasteiger partial charge is 0.294 e. The Labute approximate surface area is 181 Å². The molecule has 12 heteroatoms. The summed E-state index contributed by atoms with van der Waals surface area (Å²) in [6.45, 7) is 5.00. The lowest BCUT2D eigenvalue weighted by molar-refractivity contribution is -0.384. The lowest BCUT2D eigenvalue weighted by Gasteiger charge is -2.35. The van der Waals surface area contributed by atoms with Gasteiger partial charge in [0.2, 0.25) is 11.0 Å². The number of aromatic nitrogens is 2. The van der Waals surface area contributed by atoms with Crippen LogP contribution in [-0.4, -0.2) is 64.4 Å². The topological polar surface area (TPSA) is 104 Å². The number of nitrogens with zero attached hydrogens (tertiary/aromatic N) is 5. The minimum Gasteiger partial charge on any atom is -0.362 e. The predicted octanol–water partition coefficient (Wildman–Crippen LogP) is 3.36. The fourth-order valence-electron chi connectivity index (χ4n) is 2.89. The van der Waals surface area contributed by atoms with E-state index >= 15 is 0 Å². The fraction of sp³-hybridized carbons (Fsp3) is 0.471. The normalized spacial score (nSPS) is 14.1. The van der Waals surface area contributed by atoms with Crippen LogP contribution in [0.1, 0.15) is 13.3 Å². The van der Waals surface area contributed by atoms with Crippen molar-refractivity contribution in [2.75, 3.05) is 48.7 Å². The monoisotopic (exact) mass is 456 g/mol. The van der Waals surface area contributed by atoms with Crippen LogP contribution in [0, 0.1) is 10.1 Å². The first kappa shape index (κ1) is 21.6. The number of hydrogen-bond acceptors (Lipinski definition) is 9. The molecule has 29 heavy (non-hydrogen) atoms. The fourth-order valence-corrected chi connectivity index (χ4v) is 4.74. The Balaban J connectivity index is 1.51. The van der Waals surface area contributed by atoms with Crippen molar-refractivity contribution >= 4 is 57.1 Å².